The second kappa shape index (κ2) is 13.4. The quantitative estimate of drug-likeness (QED) is 0.0924. The molecule has 0 radical (unpaired) electrons. The number of hydrogen-bond donors (Lipinski definition) is 2. The number of rotatable bonds is 11. The van der Waals surface area contributed by atoms with E-state index < -0.39 is 5.82 Å². The van der Waals surface area contributed by atoms with Gasteiger partial charge in [0, 0.05) is 77.4 Å². The topological polar surface area (TPSA) is 97.8 Å². The molecule has 208 valence electrons. The molecule has 5 rings (SSSR count). The van der Waals surface area contributed by atoms with Crippen LogP contribution in [0.3, 0.4) is 0 Å². The van der Waals surface area contributed by atoms with E-state index in [2.05, 4.69) is 30.4 Å². The average Bonchev–Trinajstić information content (AvgIpc) is 2.98. The summed E-state index contributed by atoms with van der Waals surface area (Å²) in [5, 5.41) is 7.63. The zero-order valence-corrected chi connectivity index (χ0v) is 22.9. The number of fused-ring (bicyclic) bond motifs is 1. The van der Waals surface area contributed by atoms with Crippen LogP contribution in [-0.2, 0) is 9.22 Å². The molecular weight excluding hydrogens is 533 g/mol. The van der Waals surface area contributed by atoms with Crippen LogP contribution in [0.15, 0.2) is 66.9 Å². The number of carbonyl (C=O) groups excluding carboxylic acids is 1. The predicted octanol–water partition coefficient (Wildman–Crippen LogP) is 6.44. The van der Waals surface area contributed by atoms with Crippen molar-refractivity contribution in [3.63, 3.8) is 0 Å². The van der Waals surface area contributed by atoms with E-state index in [0.717, 1.165) is 42.4 Å². The number of ether oxygens (including phenoxy) is 1. The number of nitrogens with zero attached hydrogens (tertiary/aromatic N) is 3. The predicted molar refractivity (Wildman–Crippen MR) is 156 cm³/mol. The number of carbonyl (C=O) groups is 1. The SMILES string of the molecule is COOSCCNc1nccc(Oc2ccc(NC(=O)c3cc(F)cc(N4CCCCC4)c3)c3ccccc23)n1. The van der Waals surface area contributed by atoms with Crippen LogP contribution in [0.25, 0.3) is 10.8 Å². The van der Waals surface area contributed by atoms with E-state index in [4.69, 9.17) is 9.07 Å². The minimum absolute atomic E-state index is 0.276. The number of halogens is 1. The number of hydrogen-bond acceptors (Lipinski definition) is 9. The fourth-order valence-electron chi connectivity index (χ4n) is 4.59. The number of anilines is 3. The number of benzene rings is 3. The molecule has 0 atom stereocenters. The third-order valence-electron chi connectivity index (χ3n) is 6.43. The fraction of sp³-hybridized carbons (Fsp3) is 0.276. The van der Waals surface area contributed by atoms with E-state index in [1.807, 2.05) is 24.3 Å². The number of aromatic nitrogens is 2. The van der Waals surface area contributed by atoms with Crippen molar-refractivity contribution in [2.75, 3.05) is 48.0 Å². The molecule has 0 spiro atoms. The van der Waals surface area contributed by atoms with Crippen molar-refractivity contribution >= 4 is 46.0 Å². The lowest BCUT2D eigenvalue weighted by atomic mass is 10.1. The zero-order valence-electron chi connectivity index (χ0n) is 22.1. The van der Waals surface area contributed by atoms with E-state index in [9.17, 15) is 9.18 Å². The Morgan fingerprint density at radius 3 is 2.70 bits per heavy atom. The Balaban J connectivity index is 1.32. The van der Waals surface area contributed by atoms with E-state index in [1.54, 1.807) is 30.5 Å². The van der Waals surface area contributed by atoms with Gasteiger partial charge >= 0.3 is 0 Å². The number of nitrogens with one attached hydrogen (secondary N) is 2. The third kappa shape index (κ3) is 6.98. The van der Waals surface area contributed by atoms with Gasteiger partial charge in [0.25, 0.3) is 5.91 Å². The van der Waals surface area contributed by atoms with Gasteiger partial charge in [-0.05, 0) is 49.6 Å². The van der Waals surface area contributed by atoms with Gasteiger partial charge in [-0.25, -0.2) is 14.3 Å². The Hall–Kier alpha value is -3.93. The van der Waals surface area contributed by atoms with Gasteiger partial charge in [-0.15, -0.1) is 0 Å². The highest BCUT2D eigenvalue weighted by Crippen LogP contribution is 2.34. The lowest BCUT2D eigenvalue weighted by Crippen LogP contribution is -2.29. The Labute approximate surface area is 236 Å². The van der Waals surface area contributed by atoms with Crippen molar-refractivity contribution < 1.29 is 23.1 Å². The summed E-state index contributed by atoms with van der Waals surface area (Å²) in [6.07, 6.45) is 4.91. The summed E-state index contributed by atoms with van der Waals surface area (Å²) in [5.41, 5.74) is 1.61. The van der Waals surface area contributed by atoms with Gasteiger partial charge in [0.1, 0.15) is 11.6 Å². The standard InChI is InChI=1S/C29H30FN5O4S/c1-37-39-40-16-13-32-29-31-12-11-27(34-29)38-26-10-9-25(23-7-3-4-8-24(23)26)33-28(36)20-17-21(30)19-22(18-20)35-14-5-2-6-15-35/h3-4,7-12,17-19H,2,5-6,13-16H2,1H3,(H,33,36)(H,31,32,34). The highest BCUT2D eigenvalue weighted by molar-refractivity contribution is 7.94. The molecule has 3 aromatic carbocycles. The summed E-state index contributed by atoms with van der Waals surface area (Å²) in [6, 6.07) is 17.3. The first-order chi connectivity index (χ1) is 19.6. The van der Waals surface area contributed by atoms with Crippen LogP contribution < -0.4 is 20.3 Å². The Morgan fingerprint density at radius 2 is 1.88 bits per heavy atom. The maximum absolute atomic E-state index is 14.5. The molecule has 40 heavy (non-hydrogen) atoms. The molecule has 1 fully saturated rings. The maximum atomic E-state index is 14.5. The van der Waals surface area contributed by atoms with Gasteiger partial charge in [0.2, 0.25) is 11.8 Å². The lowest BCUT2D eigenvalue weighted by Gasteiger charge is -2.29. The highest BCUT2D eigenvalue weighted by atomic mass is 32.2. The highest BCUT2D eigenvalue weighted by Gasteiger charge is 2.17. The molecule has 11 heteroatoms. The summed E-state index contributed by atoms with van der Waals surface area (Å²) in [5.74, 6) is 1.18. The molecule has 1 saturated heterocycles. The van der Waals surface area contributed by atoms with Crippen LogP contribution >= 0.6 is 12.0 Å². The summed E-state index contributed by atoms with van der Waals surface area (Å²) in [6.45, 7) is 2.30. The van der Waals surface area contributed by atoms with Crippen LogP contribution in [0.4, 0.5) is 21.7 Å². The second-order valence-corrected chi connectivity index (χ2v) is 9.94. The molecule has 0 aliphatic carbocycles. The summed E-state index contributed by atoms with van der Waals surface area (Å²) >= 11 is 1.17. The molecule has 0 saturated carbocycles. The van der Waals surface area contributed by atoms with Crippen molar-refractivity contribution in [1.29, 1.82) is 0 Å². The largest absolute Gasteiger partial charge is 0.438 e. The van der Waals surface area contributed by atoms with Gasteiger partial charge in [-0.1, -0.05) is 24.3 Å². The van der Waals surface area contributed by atoms with Gasteiger partial charge < -0.3 is 20.3 Å². The first kappa shape index (κ1) is 27.6. The van der Waals surface area contributed by atoms with E-state index >= 15 is 0 Å². The first-order valence-electron chi connectivity index (χ1n) is 13.1. The second-order valence-electron chi connectivity index (χ2n) is 9.16. The van der Waals surface area contributed by atoms with E-state index in [-0.39, 0.29) is 11.5 Å². The van der Waals surface area contributed by atoms with Gasteiger partial charge in [-0.2, -0.15) is 9.32 Å². The third-order valence-corrected chi connectivity index (χ3v) is 7.03. The van der Waals surface area contributed by atoms with Gasteiger partial charge in [-0.3, -0.25) is 4.79 Å². The molecule has 1 amide bonds. The van der Waals surface area contributed by atoms with Crippen molar-refractivity contribution in [3.8, 4) is 11.6 Å². The lowest BCUT2D eigenvalue weighted by molar-refractivity contribution is -0.160. The molecule has 1 aliphatic rings. The monoisotopic (exact) mass is 563 g/mol. The van der Waals surface area contributed by atoms with Crippen LogP contribution in [0.2, 0.25) is 0 Å². The first-order valence-corrected chi connectivity index (χ1v) is 14.0. The Kier molecular flexibility index (Phi) is 9.27. The summed E-state index contributed by atoms with van der Waals surface area (Å²) in [7, 11) is 1.45. The molecule has 1 aromatic heterocycles. The molecule has 2 N–H and O–H groups in total. The Morgan fingerprint density at radius 1 is 1.05 bits per heavy atom. The molecule has 2 heterocycles. The average molecular weight is 564 g/mol. The fourth-order valence-corrected chi connectivity index (χ4v) is 4.94. The molecule has 1 aliphatic heterocycles. The molecule has 9 nitrogen and oxygen atoms in total. The smallest absolute Gasteiger partial charge is 0.255 e. The van der Waals surface area contributed by atoms with Crippen molar-refractivity contribution in [3.05, 3.63) is 78.2 Å². The van der Waals surface area contributed by atoms with Crippen molar-refractivity contribution in [2.45, 2.75) is 19.3 Å². The van der Waals surface area contributed by atoms with E-state index in [1.165, 1.54) is 37.7 Å². The maximum Gasteiger partial charge on any atom is 0.255 e. The van der Waals surface area contributed by atoms with E-state index in [0.29, 0.717) is 35.6 Å². The van der Waals surface area contributed by atoms with Gasteiger partial charge in [0.15, 0.2) is 0 Å². The zero-order chi connectivity index (χ0) is 27.7. The van der Waals surface area contributed by atoms with Gasteiger partial charge in [0.05, 0.1) is 7.11 Å². The Bertz CT molecular complexity index is 1470. The van der Waals surface area contributed by atoms with Crippen molar-refractivity contribution in [2.24, 2.45) is 0 Å². The van der Waals surface area contributed by atoms with Crippen LogP contribution in [-0.4, -0.2) is 48.4 Å². The normalized spacial score (nSPS) is 13.3. The minimum Gasteiger partial charge on any atom is -0.438 e. The number of piperidine rings is 1. The van der Waals surface area contributed by atoms with Crippen LogP contribution in [0, 0.1) is 5.82 Å². The molecular formula is C29H30FN5O4S. The molecule has 4 aromatic rings. The minimum atomic E-state index is -0.428. The molecule has 0 unspecified atom stereocenters. The van der Waals surface area contributed by atoms with Crippen LogP contribution in [0.5, 0.6) is 11.6 Å². The molecule has 0 bridgehead atoms. The van der Waals surface area contributed by atoms with Crippen LogP contribution in [0.1, 0.15) is 29.6 Å². The summed E-state index contributed by atoms with van der Waals surface area (Å²) < 4.78 is 25.4. The summed E-state index contributed by atoms with van der Waals surface area (Å²) in [4.78, 5) is 28.6. The van der Waals surface area contributed by atoms with Crippen molar-refractivity contribution in [1.82, 2.24) is 9.97 Å². The number of amides is 1.